The van der Waals surface area contributed by atoms with E-state index in [2.05, 4.69) is 35.2 Å². The lowest BCUT2D eigenvalue weighted by Gasteiger charge is -1.95. The molecule has 0 aliphatic carbocycles. The summed E-state index contributed by atoms with van der Waals surface area (Å²) in [7, 11) is 0. The number of halogens is 1. The zero-order valence-electron chi connectivity index (χ0n) is 6.45. The number of thiol groups is 1. The maximum absolute atomic E-state index is 10.5. The van der Waals surface area contributed by atoms with Crippen molar-refractivity contribution in [2.45, 2.75) is 4.90 Å². The van der Waals surface area contributed by atoms with E-state index in [1.165, 1.54) is 11.3 Å². The van der Waals surface area contributed by atoms with Gasteiger partial charge in [0.05, 0.1) is 4.88 Å². The van der Waals surface area contributed by atoms with Gasteiger partial charge < -0.3 is 0 Å². The molecule has 1 heterocycles. The molecule has 0 saturated carbocycles. The van der Waals surface area contributed by atoms with Crippen molar-refractivity contribution in [1.29, 1.82) is 0 Å². The summed E-state index contributed by atoms with van der Waals surface area (Å²) in [6.07, 6.45) is 0.885. The van der Waals surface area contributed by atoms with Crippen molar-refractivity contribution in [3.8, 4) is 0 Å². The van der Waals surface area contributed by atoms with Gasteiger partial charge in [-0.25, -0.2) is 0 Å². The van der Waals surface area contributed by atoms with Crippen LogP contribution >= 0.6 is 46.6 Å². The van der Waals surface area contributed by atoms with Crippen molar-refractivity contribution in [2.75, 3.05) is 0 Å². The van der Waals surface area contributed by atoms with Gasteiger partial charge in [-0.15, -0.1) is 24.0 Å². The second kappa shape index (κ2) is 3.59. The van der Waals surface area contributed by atoms with Gasteiger partial charge in [0.1, 0.15) is 0 Å². The Morgan fingerprint density at radius 2 is 2.15 bits per heavy atom. The minimum Gasteiger partial charge on any atom is -0.297 e. The van der Waals surface area contributed by atoms with Crippen molar-refractivity contribution in [1.82, 2.24) is 0 Å². The van der Waals surface area contributed by atoms with E-state index in [1.807, 2.05) is 18.2 Å². The van der Waals surface area contributed by atoms with Gasteiger partial charge in [-0.05, 0) is 46.2 Å². The molecule has 4 heteroatoms. The summed E-state index contributed by atoms with van der Waals surface area (Å²) in [5.41, 5.74) is 0. The first-order chi connectivity index (χ1) is 6.20. The van der Waals surface area contributed by atoms with Crippen molar-refractivity contribution < 1.29 is 4.79 Å². The van der Waals surface area contributed by atoms with Crippen LogP contribution in [0.2, 0.25) is 0 Å². The third kappa shape index (κ3) is 1.75. The first-order valence-corrected chi connectivity index (χ1v) is 5.92. The number of rotatable bonds is 1. The minimum absolute atomic E-state index is 0.768. The predicted octanol–water partition coefficient (Wildman–Crippen LogP) is 3.61. The lowest BCUT2D eigenvalue weighted by molar-refractivity contribution is 0.112. The minimum atomic E-state index is 0.768. The monoisotopic (exact) mass is 320 g/mol. The summed E-state index contributed by atoms with van der Waals surface area (Å²) >= 11 is 8.06. The fraction of sp³-hybridized carbons (Fsp3) is 0. The van der Waals surface area contributed by atoms with Crippen LogP contribution in [0.25, 0.3) is 10.1 Å². The highest BCUT2D eigenvalue weighted by atomic mass is 127. The highest BCUT2D eigenvalue weighted by Crippen LogP contribution is 2.29. The largest absolute Gasteiger partial charge is 0.297 e. The second-order valence-electron chi connectivity index (χ2n) is 2.61. The first-order valence-electron chi connectivity index (χ1n) is 3.58. The molecule has 1 aromatic carbocycles. The molecule has 0 fully saturated rings. The molecule has 0 unspecified atom stereocenters. The lowest BCUT2D eigenvalue weighted by Crippen LogP contribution is -1.72. The first kappa shape index (κ1) is 9.48. The van der Waals surface area contributed by atoms with E-state index in [0.29, 0.717) is 0 Å². The van der Waals surface area contributed by atoms with Gasteiger partial charge in [-0.1, -0.05) is 0 Å². The van der Waals surface area contributed by atoms with Gasteiger partial charge in [0.25, 0.3) is 0 Å². The molecule has 13 heavy (non-hydrogen) atoms. The van der Waals surface area contributed by atoms with Crippen LogP contribution in [0.5, 0.6) is 0 Å². The van der Waals surface area contributed by atoms with Gasteiger partial charge in [0, 0.05) is 13.2 Å². The smallest absolute Gasteiger partial charge is 0.160 e. The maximum atomic E-state index is 10.5. The van der Waals surface area contributed by atoms with Crippen molar-refractivity contribution in [3.63, 3.8) is 0 Å². The van der Waals surface area contributed by atoms with Crippen molar-refractivity contribution in [2.24, 2.45) is 0 Å². The van der Waals surface area contributed by atoms with Crippen LogP contribution < -0.4 is 0 Å². The number of carbonyl (C=O) groups is 1. The molecule has 2 rings (SSSR count). The van der Waals surface area contributed by atoms with Gasteiger partial charge >= 0.3 is 0 Å². The third-order valence-corrected chi connectivity index (χ3v) is 4.43. The average Bonchev–Trinajstić information content (AvgIpc) is 2.48. The van der Waals surface area contributed by atoms with Crippen molar-refractivity contribution >= 4 is 62.9 Å². The van der Waals surface area contributed by atoms with Crippen LogP contribution in [0.4, 0.5) is 0 Å². The number of hydrogen-bond donors (Lipinski definition) is 1. The average molecular weight is 320 g/mol. The summed E-state index contributed by atoms with van der Waals surface area (Å²) in [6.45, 7) is 0. The van der Waals surface area contributed by atoms with Crippen molar-refractivity contribution in [3.05, 3.63) is 26.6 Å². The van der Waals surface area contributed by atoms with E-state index in [4.69, 9.17) is 0 Å². The molecule has 0 bridgehead atoms. The molecular formula is C9H5IOS2. The molecule has 0 amide bonds. The number of aldehydes is 1. The highest BCUT2D eigenvalue weighted by Gasteiger charge is 2.03. The second-order valence-corrected chi connectivity index (χ2v) is 5.37. The molecule has 0 aliphatic heterocycles. The molecule has 0 radical (unpaired) electrons. The normalized spacial score (nSPS) is 10.6. The summed E-state index contributed by atoms with van der Waals surface area (Å²) in [5.74, 6) is 0. The molecule has 1 nitrogen and oxygen atoms in total. The molecule has 0 aliphatic rings. The number of benzene rings is 1. The number of carbonyl (C=O) groups excluding carboxylic acids is 1. The van der Waals surface area contributed by atoms with Gasteiger partial charge in [-0.3, -0.25) is 4.79 Å². The summed E-state index contributed by atoms with van der Waals surface area (Å²) in [6, 6.07) is 5.95. The van der Waals surface area contributed by atoms with Crippen LogP contribution in [0, 0.1) is 3.57 Å². The van der Waals surface area contributed by atoms with Crippen LogP contribution in [0.15, 0.2) is 23.1 Å². The zero-order valence-corrected chi connectivity index (χ0v) is 10.3. The third-order valence-electron chi connectivity index (χ3n) is 1.72. The van der Waals surface area contributed by atoms with E-state index in [9.17, 15) is 4.79 Å². The van der Waals surface area contributed by atoms with Crippen LogP contribution in [0.3, 0.4) is 0 Å². The summed E-state index contributed by atoms with van der Waals surface area (Å²) < 4.78 is 2.23. The predicted molar refractivity (Wildman–Crippen MR) is 67.2 cm³/mol. The Kier molecular flexibility index (Phi) is 2.62. The van der Waals surface area contributed by atoms with Crippen LogP contribution in [-0.2, 0) is 0 Å². The molecule has 0 N–H and O–H groups in total. The van der Waals surface area contributed by atoms with Crippen LogP contribution in [0.1, 0.15) is 9.67 Å². The molecule has 0 saturated heterocycles. The molecule has 2 aromatic rings. The Hall–Kier alpha value is -0.0700. The Morgan fingerprint density at radius 1 is 1.38 bits per heavy atom. The molecular weight excluding hydrogens is 315 g/mol. The molecule has 0 spiro atoms. The molecule has 1 aromatic heterocycles. The summed E-state index contributed by atoms with van der Waals surface area (Å²) in [4.78, 5) is 12.3. The lowest BCUT2D eigenvalue weighted by atomic mass is 10.2. The van der Waals surface area contributed by atoms with E-state index < -0.39 is 0 Å². The van der Waals surface area contributed by atoms with E-state index >= 15 is 0 Å². The summed E-state index contributed by atoms with van der Waals surface area (Å²) in [5, 5.41) is 1.12. The quantitative estimate of drug-likeness (QED) is 0.483. The Balaban J connectivity index is 2.77. The zero-order chi connectivity index (χ0) is 9.42. The molecule has 0 atom stereocenters. The fourth-order valence-electron chi connectivity index (χ4n) is 1.13. The molecule has 66 valence electrons. The van der Waals surface area contributed by atoms with Crippen LogP contribution in [-0.4, -0.2) is 6.29 Å². The number of fused-ring (bicyclic) bond motifs is 1. The van der Waals surface area contributed by atoms with Gasteiger partial charge in [-0.2, -0.15) is 0 Å². The van der Waals surface area contributed by atoms with Gasteiger partial charge in [0.2, 0.25) is 0 Å². The Bertz CT molecular complexity index is 437. The van der Waals surface area contributed by atoms with E-state index in [0.717, 1.165) is 29.7 Å². The fourth-order valence-corrected chi connectivity index (χ4v) is 2.80. The Morgan fingerprint density at radius 3 is 2.85 bits per heavy atom. The van der Waals surface area contributed by atoms with E-state index in [-0.39, 0.29) is 0 Å². The standard InChI is InChI=1S/C9H5IOS2/c10-7-2-5-1-6(4-11)13-9(5)3-8(7)12/h1-4,12H. The SMILES string of the molecule is O=Cc1cc2cc(I)c(S)cc2s1. The number of thiophene rings is 1. The van der Waals surface area contributed by atoms with E-state index in [1.54, 1.807) is 0 Å². The van der Waals surface area contributed by atoms with Gasteiger partial charge in [0.15, 0.2) is 6.29 Å². The maximum Gasteiger partial charge on any atom is 0.160 e. The topological polar surface area (TPSA) is 17.1 Å². The highest BCUT2D eigenvalue weighted by molar-refractivity contribution is 14.1. The Labute approximate surface area is 98.7 Å². The number of hydrogen-bond acceptors (Lipinski definition) is 3.